The molecule has 0 aliphatic heterocycles. The molecule has 0 saturated carbocycles. The zero-order chi connectivity index (χ0) is 11.7. The van der Waals surface area contributed by atoms with E-state index in [0.717, 1.165) is 0 Å². The number of rotatable bonds is 7. The third-order valence-corrected chi connectivity index (χ3v) is 1.81. The van der Waals surface area contributed by atoms with Crippen LogP contribution >= 0.6 is 0 Å². The summed E-state index contributed by atoms with van der Waals surface area (Å²) in [6.07, 6.45) is 1.19. The van der Waals surface area contributed by atoms with Gasteiger partial charge in [0, 0.05) is 11.3 Å². The standard InChI is InChI=1S/C9H14N2O4/c1-2-15-9(12)8(7-10)5-3-4-6-11(13)14/h8H,2-6H2,1H3. The van der Waals surface area contributed by atoms with Gasteiger partial charge in [0.25, 0.3) is 0 Å². The fourth-order valence-electron chi connectivity index (χ4n) is 1.07. The van der Waals surface area contributed by atoms with Gasteiger partial charge in [-0.1, -0.05) is 0 Å². The van der Waals surface area contributed by atoms with Crippen LogP contribution in [0.25, 0.3) is 0 Å². The van der Waals surface area contributed by atoms with E-state index in [1.807, 2.05) is 6.07 Å². The van der Waals surface area contributed by atoms with Crippen molar-refractivity contribution in [1.29, 1.82) is 5.26 Å². The highest BCUT2D eigenvalue weighted by Crippen LogP contribution is 2.09. The molecule has 0 aromatic heterocycles. The Morgan fingerprint density at radius 1 is 1.60 bits per heavy atom. The van der Waals surface area contributed by atoms with E-state index >= 15 is 0 Å². The molecule has 0 rings (SSSR count). The molecule has 6 nitrogen and oxygen atoms in total. The quantitative estimate of drug-likeness (QED) is 0.274. The van der Waals surface area contributed by atoms with E-state index < -0.39 is 16.8 Å². The van der Waals surface area contributed by atoms with Crippen molar-refractivity contribution >= 4 is 5.97 Å². The van der Waals surface area contributed by atoms with Crippen LogP contribution < -0.4 is 0 Å². The van der Waals surface area contributed by atoms with Crippen molar-refractivity contribution in [2.45, 2.75) is 26.2 Å². The van der Waals surface area contributed by atoms with Crippen LogP contribution in [0.5, 0.6) is 0 Å². The Morgan fingerprint density at radius 2 is 2.27 bits per heavy atom. The first kappa shape index (κ1) is 13.4. The number of hydrogen-bond acceptors (Lipinski definition) is 5. The summed E-state index contributed by atoms with van der Waals surface area (Å²) in [5, 5.41) is 18.6. The van der Waals surface area contributed by atoms with E-state index in [1.165, 1.54) is 0 Å². The third kappa shape index (κ3) is 6.43. The fourth-order valence-corrected chi connectivity index (χ4v) is 1.07. The first-order valence-corrected chi connectivity index (χ1v) is 4.79. The third-order valence-electron chi connectivity index (χ3n) is 1.81. The summed E-state index contributed by atoms with van der Waals surface area (Å²) in [5.74, 6) is -1.34. The number of esters is 1. The second-order valence-corrected chi connectivity index (χ2v) is 2.99. The van der Waals surface area contributed by atoms with Crippen molar-refractivity contribution in [2.75, 3.05) is 13.2 Å². The molecule has 15 heavy (non-hydrogen) atoms. The summed E-state index contributed by atoms with van der Waals surface area (Å²) in [6.45, 7) is 1.78. The van der Waals surface area contributed by atoms with Gasteiger partial charge in [-0.15, -0.1) is 0 Å². The SMILES string of the molecule is CCOC(=O)C(C#N)CCCC[N+](=O)[O-]. The summed E-state index contributed by atoms with van der Waals surface area (Å²) in [4.78, 5) is 20.7. The molecular weight excluding hydrogens is 200 g/mol. The van der Waals surface area contributed by atoms with Gasteiger partial charge in [-0.05, 0) is 19.8 Å². The molecule has 0 amide bonds. The molecule has 0 heterocycles. The highest BCUT2D eigenvalue weighted by atomic mass is 16.6. The lowest BCUT2D eigenvalue weighted by Gasteiger charge is -2.06. The van der Waals surface area contributed by atoms with Crippen molar-refractivity contribution in [3.8, 4) is 6.07 Å². The monoisotopic (exact) mass is 214 g/mol. The van der Waals surface area contributed by atoms with Crippen LogP contribution in [0.1, 0.15) is 26.2 Å². The highest BCUT2D eigenvalue weighted by molar-refractivity contribution is 5.75. The molecule has 1 atom stereocenters. The van der Waals surface area contributed by atoms with E-state index in [1.54, 1.807) is 6.92 Å². The van der Waals surface area contributed by atoms with Crippen molar-refractivity contribution < 1.29 is 14.5 Å². The van der Waals surface area contributed by atoms with Gasteiger partial charge in [-0.3, -0.25) is 14.9 Å². The lowest BCUT2D eigenvalue weighted by molar-refractivity contribution is -0.480. The first-order valence-electron chi connectivity index (χ1n) is 4.79. The minimum Gasteiger partial charge on any atom is -0.465 e. The van der Waals surface area contributed by atoms with Crippen LogP contribution in [0.4, 0.5) is 0 Å². The Kier molecular flexibility index (Phi) is 6.89. The largest absolute Gasteiger partial charge is 0.465 e. The number of unbranched alkanes of at least 4 members (excludes halogenated alkanes) is 1. The number of ether oxygens (including phenoxy) is 1. The van der Waals surface area contributed by atoms with Gasteiger partial charge in [0.15, 0.2) is 0 Å². The van der Waals surface area contributed by atoms with E-state index in [-0.39, 0.29) is 13.2 Å². The summed E-state index contributed by atoms with van der Waals surface area (Å²) in [7, 11) is 0. The number of nitrogens with zero attached hydrogens (tertiary/aromatic N) is 2. The molecule has 0 spiro atoms. The Morgan fingerprint density at radius 3 is 2.73 bits per heavy atom. The topological polar surface area (TPSA) is 93.2 Å². The van der Waals surface area contributed by atoms with Gasteiger partial charge >= 0.3 is 5.97 Å². The molecule has 0 aromatic rings. The number of carbonyl (C=O) groups excluding carboxylic acids is 1. The minimum atomic E-state index is -0.795. The lowest BCUT2D eigenvalue weighted by atomic mass is 10.0. The number of nitro groups is 1. The fraction of sp³-hybridized carbons (Fsp3) is 0.778. The highest BCUT2D eigenvalue weighted by Gasteiger charge is 2.18. The van der Waals surface area contributed by atoms with Crippen molar-refractivity contribution in [2.24, 2.45) is 5.92 Å². The zero-order valence-corrected chi connectivity index (χ0v) is 8.64. The predicted molar refractivity (Wildman–Crippen MR) is 51.4 cm³/mol. The second-order valence-electron chi connectivity index (χ2n) is 2.99. The van der Waals surface area contributed by atoms with Crippen molar-refractivity contribution in [1.82, 2.24) is 0 Å². The molecule has 0 bridgehead atoms. The average Bonchev–Trinajstić information content (AvgIpc) is 2.17. The molecule has 0 aliphatic rings. The Labute approximate surface area is 88.0 Å². The lowest BCUT2D eigenvalue weighted by Crippen LogP contribution is -2.16. The number of carbonyl (C=O) groups is 1. The zero-order valence-electron chi connectivity index (χ0n) is 8.64. The smallest absolute Gasteiger partial charge is 0.323 e. The van der Waals surface area contributed by atoms with E-state index in [2.05, 4.69) is 4.74 Å². The molecule has 1 unspecified atom stereocenters. The van der Waals surface area contributed by atoms with Crippen LogP contribution in [0, 0.1) is 27.4 Å². The summed E-state index contributed by atoms with van der Waals surface area (Å²) in [6, 6.07) is 1.83. The van der Waals surface area contributed by atoms with Crippen molar-refractivity contribution in [3.05, 3.63) is 10.1 Å². The first-order chi connectivity index (χ1) is 7.11. The minimum absolute atomic E-state index is 0.124. The number of hydrogen-bond donors (Lipinski definition) is 0. The molecule has 0 radical (unpaired) electrons. The summed E-state index contributed by atoms with van der Waals surface area (Å²) in [5.41, 5.74) is 0. The van der Waals surface area contributed by atoms with Gasteiger partial charge in [-0.25, -0.2) is 0 Å². The van der Waals surface area contributed by atoms with Gasteiger partial charge in [-0.2, -0.15) is 5.26 Å². The van der Waals surface area contributed by atoms with Crippen molar-refractivity contribution in [3.63, 3.8) is 0 Å². The van der Waals surface area contributed by atoms with Gasteiger partial charge in [0.2, 0.25) is 6.54 Å². The summed E-state index contributed by atoms with van der Waals surface area (Å²) >= 11 is 0. The predicted octanol–water partition coefficient (Wildman–Crippen LogP) is 1.14. The van der Waals surface area contributed by atoms with Gasteiger partial charge in [0.1, 0.15) is 5.92 Å². The maximum atomic E-state index is 11.1. The molecule has 6 heteroatoms. The maximum absolute atomic E-state index is 11.1. The Balaban J connectivity index is 3.76. The molecular formula is C9H14N2O4. The van der Waals surface area contributed by atoms with E-state index in [0.29, 0.717) is 19.3 Å². The Hall–Kier alpha value is -1.64. The van der Waals surface area contributed by atoms with Crippen LogP contribution in [0.15, 0.2) is 0 Å². The van der Waals surface area contributed by atoms with Crippen LogP contribution in [-0.4, -0.2) is 24.0 Å². The van der Waals surface area contributed by atoms with Crippen LogP contribution in [0.2, 0.25) is 0 Å². The summed E-state index contributed by atoms with van der Waals surface area (Å²) < 4.78 is 4.68. The maximum Gasteiger partial charge on any atom is 0.323 e. The molecule has 0 fully saturated rings. The molecule has 0 aromatic carbocycles. The van der Waals surface area contributed by atoms with E-state index in [4.69, 9.17) is 5.26 Å². The number of nitriles is 1. The normalized spacial score (nSPS) is 11.5. The molecule has 0 N–H and O–H groups in total. The molecule has 0 saturated heterocycles. The van der Waals surface area contributed by atoms with Gasteiger partial charge in [0.05, 0.1) is 12.7 Å². The van der Waals surface area contributed by atoms with Crippen LogP contribution in [-0.2, 0) is 9.53 Å². The van der Waals surface area contributed by atoms with E-state index in [9.17, 15) is 14.9 Å². The molecule has 0 aliphatic carbocycles. The molecule has 84 valence electrons. The second kappa shape index (κ2) is 7.74. The average molecular weight is 214 g/mol. The van der Waals surface area contributed by atoms with Crippen LogP contribution in [0.3, 0.4) is 0 Å². The van der Waals surface area contributed by atoms with Gasteiger partial charge < -0.3 is 4.74 Å². The Bertz CT molecular complexity index is 259.